The Labute approximate surface area is 200 Å². The highest BCUT2D eigenvalue weighted by Gasteiger charge is 2.18. The Kier molecular flexibility index (Phi) is 4.90. The molecule has 1 N–H and O–H groups in total. The summed E-state index contributed by atoms with van der Waals surface area (Å²) in [5.74, 6) is 0.716. The maximum atomic E-state index is 13.1. The molecule has 0 radical (unpaired) electrons. The smallest absolute Gasteiger partial charge is 0.268 e. The van der Waals surface area contributed by atoms with Gasteiger partial charge in [-0.2, -0.15) is 0 Å². The van der Waals surface area contributed by atoms with Crippen molar-refractivity contribution < 1.29 is 8.42 Å². The topological polar surface area (TPSA) is 76.9 Å². The van der Waals surface area contributed by atoms with Gasteiger partial charge in [0.25, 0.3) is 10.0 Å². The highest BCUT2D eigenvalue weighted by atomic mass is 32.2. The number of hydrogen-bond donors (Lipinski definition) is 1. The van der Waals surface area contributed by atoms with Crippen LogP contribution in [0.3, 0.4) is 0 Å². The lowest BCUT2D eigenvalue weighted by Gasteiger charge is -2.09. The van der Waals surface area contributed by atoms with Gasteiger partial charge in [0.1, 0.15) is 6.33 Å². The monoisotopic (exact) mass is 482 g/mol. The molecule has 6 nitrogen and oxygen atoms in total. The van der Waals surface area contributed by atoms with Crippen molar-refractivity contribution in [2.45, 2.75) is 4.90 Å². The van der Waals surface area contributed by atoms with Gasteiger partial charge in [0, 0.05) is 22.1 Å². The molecule has 0 amide bonds. The summed E-state index contributed by atoms with van der Waals surface area (Å²) >= 11 is 1.63. The zero-order valence-corrected chi connectivity index (χ0v) is 19.4. The summed E-state index contributed by atoms with van der Waals surface area (Å²) in [7, 11) is -3.67. The number of fused-ring (bicyclic) bond motifs is 2. The number of nitrogens with one attached hydrogen (secondary N) is 1. The van der Waals surface area contributed by atoms with Crippen LogP contribution >= 0.6 is 11.3 Å². The van der Waals surface area contributed by atoms with Crippen LogP contribution in [0.2, 0.25) is 0 Å². The van der Waals surface area contributed by atoms with E-state index in [2.05, 4.69) is 33.5 Å². The number of hydrogen-bond acceptors (Lipinski definition) is 6. The van der Waals surface area contributed by atoms with E-state index in [-0.39, 0.29) is 4.90 Å². The minimum absolute atomic E-state index is 0.255. The zero-order chi connectivity index (χ0) is 23.1. The summed E-state index contributed by atoms with van der Waals surface area (Å²) in [5, 5.41) is 4.20. The second kappa shape index (κ2) is 8.09. The Hall–Kier alpha value is -4.01. The van der Waals surface area contributed by atoms with E-state index in [1.807, 2.05) is 30.3 Å². The fourth-order valence-corrected chi connectivity index (χ4v) is 6.37. The molecule has 0 bridgehead atoms. The molecule has 3 heterocycles. The molecule has 34 heavy (non-hydrogen) atoms. The molecule has 0 fully saturated rings. The molecule has 0 unspecified atom stereocenters. The minimum atomic E-state index is -3.67. The molecule has 0 saturated heterocycles. The van der Waals surface area contributed by atoms with Gasteiger partial charge in [-0.15, -0.1) is 11.3 Å². The van der Waals surface area contributed by atoms with Gasteiger partial charge < -0.3 is 5.32 Å². The summed E-state index contributed by atoms with van der Waals surface area (Å²) in [4.78, 5) is 10.3. The van der Waals surface area contributed by atoms with Crippen molar-refractivity contribution in [1.29, 1.82) is 0 Å². The molecule has 0 aliphatic carbocycles. The van der Waals surface area contributed by atoms with Crippen molar-refractivity contribution in [2.24, 2.45) is 0 Å². The van der Waals surface area contributed by atoms with E-state index in [1.54, 1.807) is 66.3 Å². The third-order valence-electron chi connectivity index (χ3n) is 5.59. The maximum Gasteiger partial charge on any atom is 0.268 e. The Morgan fingerprint density at radius 3 is 2.38 bits per heavy atom. The van der Waals surface area contributed by atoms with Crippen LogP contribution < -0.4 is 5.32 Å². The van der Waals surface area contributed by atoms with Gasteiger partial charge in [-0.1, -0.05) is 48.5 Å². The summed E-state index contributed by atoms with van der Waals surface area (Å²) < 4.78 is 28.4. The number of benzene rings is 3. The second-order valence-electron chi connectivity index (χ2n) is 7.74. The summed E-state index contributed by atoms with van der Waals surface area (Å²) in [6, 6.07) is 28.1. The third kappa shape index (κ3) is 3.53. The fourth-order valence-electron chi connectivity index (χ4n) is 3.94. The van der Waals surface area contributed by atoms with Gasteiger partial charge in [-0.3, -0.25) is 0 Å². The van der Waals surface area contributed by atoms with Crippen molar-refractivity contribution in [3.63, 3.8) is 0 Å². The molecule has 8 heteroatoms. The van der Waals surface area contributed by atoms with E-state index in [4.69, 9.17) is 0 Å². The van der Waals surface area contributed by atoms with Crippen LogP contribution in [0.25, 0.3) is 31.6 Å². The summed E-state index contributed by atoms with van der Waals surface area (Å²) in [6.45, 7) is 0. The van der Waals surface area contributed by atoms with Crippen LogP contribution in [0.15, 0.2) is 108 Å². The Morgan fingerprint density at radius 1 is 0.824 bits per heavy atom. The number of thiophene rings is 1. The van der Waals surface area contributed by atoms with Crippen molar-refractivity contribution >= 4 is 54.0 Å². The van der Waals surface area contributed by atoms with Gasteiger partial charge >= 0.3 is 0 Å². The minimum Gasteiger partial charge on any atom is -0.339 e. The van der Waals surface area contributed by atoms with Gasteiger partial charge in [0.2, 0.25) is 0 Å². The van der Waals surface area contributed by atoms with E-state index >= 15 is 0 Å². The molecule has 166 valence electrons. The first-order valence-electron chi connectivity index (χ1n) is 10.6. The summed E-state index contributed by atoms with van der Waals surface area (Å²) in [6.07, 6.45) is 3.14. The fraction of sp³-hybridized carbons (Fsp3) is 0. The van der Waals surface area contributed by atoms with Crippen molar-refractivity contribution in [3.8, 4) is 10.4 Å². The van der Waals surface area contributed by atoms with Gasteiger partial charge in [-0.25, -0.2) is 22.4 Å². The molecule has 3 aromatic heterocycles. The number of rotatable bonds is 5. The van der Waals surface area contributed by atoms with Crippen LogP contribution in [0.1, 0.15) is 0 Å². The van der Waals surface area contributed by atoms with Crippen LogP contribution in [-0.2, 0) is 10.0 Å². The first-order chi connectivity index (χ1) is 16.6. The Morgan fingerprint density at radius 2 is 1.59 bits per heavy atom. The lowest BCUT2D eigenvalue weighted by Crippen LogP contribution is -2.11. The standard InChI is InChI=1S/C26H18N4O2S2/c31-34(32,21-9-5-2-6-10-21)30-14-13-19-15-20(11-12-23(19)30)29-26-25-22(27-17-28-26)16-24(33-25)18-7-3-1-4-8-18/h1-17H,(H,27,28,29). The lowest BCUT2D eigenvalue weighted by atomic mass is 10.2. The van der Waals surface area contributed by atoms with Crippen LogP contribution in [0.4, 0.5) is 11.5 Å². The maximum absolute atomic E-state index is 13.1. The number of aromatic nitrogens is 3. The van der Waals surface area contributed by atoms with Crippen LogP contribution in [-0.4, -0.2) is 22.4 Å². The van der Waals surface area contributed by atoms with E-state index in [1.165, 1.54) is 3.97 Å². The third-order valence-corrected chi connectivity index (χ3v) is 8.47. The quantitative estimate of drug-likeness (QED) is 0.312. The zero-order valence-electron chi connectivity index (χ0n) is 17.8. The Balaban J connectivity index is 1.36. The van der Waals surface area contributed by atoms with Gasteiger partial charge in [0.05, 0.1) is 20.6 Å². The molecule has 0 saturated carbocycles. The normalized spacial score (nSPS) is 11.8. The SMILES string of the molecule is O=S(=O)(c1ccccc1)n1ccc2cc(Nc3ncnc4cc(-c5ccccc5)sc34)ccc21. The van der Waals surface area contributed by atoms with E-state index < -0.39 is 10.0 Å². The van der Waals surface area contributed by atoms with Crippen LogP contribution in [0, 0.1) is 0 Å². The molecule has 0 spiro atoms. The molecule has 0 atom stereocenters. The lowest BCUT2D eigenvalue weighted by molar-refractivity contribution is 0.589. The van der Waals surface area contributed by atoms with Crippen molar-refractivity contribution in [3.05, 3.63) is 104 Å². The summed E-state index contributed by atoms with van der Waals surface area (Å²) in [5.41, 5.74) is 3.45. The molecular formula is C26H18N4O2S2. The number of nitrogens with zero attached hydrogens (tertiary/aromatic N) is 3. The van der Waals surface area contributed by atoms with Crippen molar-refractivity contribution in [1.82, 2.24) is 13.9 Å². The number of anilines is 2. The van der Waals surface area contributed by atoms with E-state index in [0.29, 0.717) is 11.3 Å². The van der Waals surface area contributed by atoms with Crippen molar-refractivity contribution in [2.75, 3.05) is 5.32 Å². The predicted molar refractivity (Wildman–Crippen MR) is 137 cm³/mol. The Bertz CT molecular complexity index is 1740. The van der Waals surface area contributed by atoms with E-state index in [0.717, 1.165) is 31.7 Å². The average Bonchev–Trinajstić information content (AvgIpc) is 3.50. The van der Waals surface area contributed by atoms with Gasteiger partial charge in [0.15, 0.2) is 5.82 Å². The average molecular weight is 483 g/mol. The molecule has 0 aliphatic rings. The van der Waals surface area contributed by atoms with Gasteiger partial charge in [-0.05, 0) is 48.0 Å². The molecule has 6 rings (SSSR count). The van der Waals surface area contributed by atoms with Crippen LogP contribution in [0.5, 0.6) is 0 Å². The molecule has 6 aromatic rings. The largest absolute Gasteiger partial charge is 0.339 e. The molecular weight excluding hydrogens is 464 g/mol. The highest BCUT2D eigenvalue weighted by molar-refractivity contribution is 7.90. The second-order valence-corrected chi connectivity index (χ2v) is 10.6. The molecule has 0 aliphatic heterocycles. The van der Waals surface area contributed by atoms with E-state index in [9.17, 15) is 8.42 Å². The first kappa shape index (κ1) is 20.6. The predicted octanol–water partition coefficient (Wildman–Crippen LogP) is 6.29. The first-order valence-corrected chi connectivity index (χ1v) is 12.8. The highest BCUT2D eigenvalue weighted by Crippen LogP contribution is 2.36. The molecule has 3 aromatic carbocycles.